The van der Waals surface area contributed by atoms with Crippen molar-refractivity contribution < 1.29 is 13.9 Å². The molecule has 1 saturated heterocycles. The van der Waals surface area contributed by atoms with Crippen LogP contribution in [-0.2, 0) is 11.3 Å². The van der Waals surface area contributed by atoms with Crippen LogP contribution in [0, 0.1) is 5.82 Å². The Balaban J connectivity index is 1.64. The topological polar surface area (TPSA) is 66.0 Å². The molecule has 6 nitrogen and oxygen atoms in total. The van der Waals surface area contributed by atoms with Gasteiger partial charge in [-0.1, -0.05) is 31.2 Å². The molecule has 0 radical (unpaired) electrons. The van der Waals surface area contributed by atoms with E-state index >= 15 is 0 Å². The minimum absolute atomic E-state index is 0.00457. The number of hydrogen-bond donors (Lipinski definition) is 2. The van der Waals surface area contributed by atoms with Crippen LogP contribution in [0.4, 0.5) is 4.39 Å². The van der Waals surface area contributed by atoms with E-state index in [-0.39, 0.29) is 30.0 Å². The first-order valence-electron chi connectivity index (χ1n) is 11.2. The SMILES string of the molecule is CCC(C)NC(=O)c1cccc(CNC(=NC)N2CC(C)OC(c3ccc(F)cc3)C2)c1. The van der Waals surface area contributed by atoms with Gasteiger partial charge in [0.1, 0.15) is 11.9 Å². The van der Waals surface area contributed by atoms with Crippen molar-refractivity contribution in [1.29, 1.82) is 0 Å². The number of carbonyl (C=O) groups is 1. The molecule has 32 heavy (non-hydrogen) atoms. The summed E-state index contributed by atoms with van der Waals surface area (Å²) in [6.45, 7) is 7.93. The van der Waals surface area contributed by atoms with E-state index < -0.39 is 0 Å². The number of morpholine rings is 1. The van der Waals surface area contributed by atoms with Crippen molar-refractivity contribution in [1.82, 2.24) is 15.5 Å². The Labute approximate surface area is 189 Å². The molecule has 3 unspecified atom stereocenters. The smallest absolute Gasteiger partial charge is 0.251 e. The lowest BCUT2D eigenvalue weighted by atomic mass is 10.1. The second-order valence-corrected chi connectivity index (χ2v) is 8.28. The summed E-state index contributed by atoms with van der Waals surface area (Å²) in [7, 11) is 1.76. The standard InChI is InChI=1S/C25H33FN4O2/c1-5-17(2)29-24(31)21-8-6-7-19(13-21)14-28-25(27-4)30-15-18(3)32-23(16-30)20-9-11-22(26)12-10-20/h6-13,17-18,23H,5,14-16H2,1-4H3,(H,27,28)(H,29,31). The van der Waals surface area contributed by atoms with Crippen LogP contribution >= 0.6 is 0 Å². The van der Waals surface area contributed by atoms with Crippen molar-refractivity contribution in [3.8, 4) is 0 Å². The summed E-state index contributed by atoms with van der Waals surface area (Å²) in [5.41, 5.74) is 2.59. The second-order valence-electron chi connectivity index (χ2n) is 8.28. The molecular formula is C25H33FN4O2. The van der Waals surface area contributed by atoms with E-state index in [0.29, 0.717) is 25.2 Å². The molecule has 0 aliphatic carbocycles. The number of benzene rings is 2. The predicted molar refractivity (Wildman–Crippen MR) is 125 cm³/mol. The highest BCUT2D eigenvalue weighted by Crippen LogP contribution is 2.25. The van der Waals surface area contributed by atoms with Crippen LogP contribution in [-0.4, -0.2) is 49.0 Å². The number of amides is 1. The van der Waals surface area contributed by atoms with Gasteiger partial charge in [-0.3, -0.25) is 9.79 Å². The van der Waals surface area contributed by atoms with Gasteiger partial charge in [0.25, 0.3) is 5.91 Å². The maximum atomic E-state index is 13.3. The third-order valence-corrected chi connectivity index (χ3v) is 5.64. The molecule has 2 N–H and O–H groups in total. The van der Waals surface area contributed by atoms with Crippen molar-refractivity contribution >= 4 is 11.9 Å². The zero-order valence-corrected chi connectivity index (χ0v) is 19.3. The number of nitrogens with one attached hydrogen (secondary N) is 2. The van der Waals surface area contributed by atoms with Crippen LogP contribution in [0.15, 0.2) is 53.5 Å². The molecule has 3 rings (SSSR count). The third-order valence-electron chi connectivity index (χ3n) is 5.64. The summed E-state index contributed by atoms with van der Waals surface area (Å²) in [6.07, 6.45) is 0.732. The van der Waals surface area contributed by atoms with Gasteiger partial charge in [0.2, 0.25) is 0 Å². The Morgan fingerprint density at radius 1 is 1.25 bits per heavy atom. The summed E-state index contributed by atoms with van der Waals surface area (Å²) in [4.78, 5) is 19.0. The largest absolute Gasteiger partial charge is 0.367 e. The number of ether oxygens (including phenoxy) is 1. The molecular weight excluding hydrogens is 407 g/mol. The van der Waals surface area contributed by atoms with Gasteiger partial charge < -0.3 is 20.3 Å². The van der Waals surface area contributed by atoms with Crippen molar-refractivity contribution in [3.05, 3.63) is 71.0 Å². The molecule has 1 heterocycles. The first-order valence-corrected chi connectivity index (χ1v) is 11.2. The number of hydrogen-bond acceptors (Lipinski definition) is 3. The number of guanidine groups is 1. The molecule has 0 aromatic heterocycles. The van der Waals surface area contributed by atoms with Crippen molar-refractivity contribution in [3.63, 3.8) is 0 Å². The molecule has 2 aromatic carbocycles. The van der Waals surface area contributed by atoms with E-state index in [1.165, 1.54) is 12.1 Å². The molecule has 0 bridgehead atoms. The van der Waals surface area contributed by atoms with Crippen LogP contribution in [0.5, 0.6) is 0 Å². The summed E-state index contributed by atoms with van der Waals surface area (Å²) < 4.78 is 19.4. The minimum atomic E-state index is -0.257. The maximum Gasteiger partial charge on any atom is 0.251 e. The van der Waals surface area contributed by atoms with Gasteiger partial charge in [0.15, 0.2) is 5.96 Å². The lowest BCUT2D eigenvalue weighted by molar-refractivity contribution is -0.0605. The highest BCUT2D eigenvalue weighted by atomic mass is 19.1. The van der Waals surface area contributed by atoms with Crippen LogP contribution < -0.4 is 10.6 Å². The van der Waals surface area contributed by atoms with Crippen LogP contribution in [0.25, 0.3) is 0 Å². The van der Waals surface area contributed by atoms with Crippen molar-refractivity contribution in [2.45, 2.75) is 52.0 Å². The third kappa shape index (κ3) is 6.29. The van der Waals surface area contributed by atoms with Gasteiger partial charge in [-0.05, 0) is 55.7 Å². The molecule has 172 valence electrons. The Hall–Kier alpha value is -2.93. The van der Waals surface area contributed by atoms with Crippen molar-refractivity contribution in [2.75, 3.05) is 20.1 Å². The molecule has 0 saturated carbocycles. The molecule has 1 aliphatic heterocycles. The first kappa shape index (κ1) is 23.7. The lowest BCUT2D eigenvalue weighted by Gasteiger charge is -2.38. The van der Waals surface area contributed by atoms with Gasteiger partial charge in [0, 0.05) is 31.7 Å². The zero-order valence-electron chi connectivity index (χ0n) is 19.3. The van der Waals surface area contributed by atoms with Crippen LogP contribution in [0.3, 0.4) is 0 Å². The maximum absolute atomic E-state index is 13.3. The summed E-state index contributed by atoms with van der Waals surface area (Å²) in [6, 6.07) is 14.2. The number of carbonyl (C=O) groups excluding carboxylic acids is 1. The van der Waals surface area contributed by atoms with E-state index in [1.54, 1.807) is 19.2 Å². The Morgan fingerprint density at radius 3 is 2.69 bits per heavy atom. The predicted octanol–water partition coefficient (Wildman–Crippen LogP) is 3.89. The minimum Gasteiger partial charge on any atom is -0.367 e. The van der Waals surface area contributed by atoms with Crippen molar-refractivity contribution in [2.24, 2.45) is 4.99 Å². The summed E-state index contributed by atoms with van der Waals surface area (Å²) >= 11 is 0. The van der Waals surface area contributed by atoms with E-state index in [1.807, 2.05) is 45.0 Å². The highest BCUT2D eigenvalue weighted by Gasteiger charge is 2.28. The number of rotatable bonds is 6. The highest BCUT2D eigenvalue weighted by molar-refractivity contribution is 5.94. The normalized spacial score (nSPS) is 20.0. The van der Waals surface area contributed by atoms with Gasteiger partial charge in [0.05, 0.1) is 12.6 Å². The number of halogens is 1. The summed E-state index contributed by atoms with van der Waals surface area (Å²) in [5, 5.41) is 6.40. The molecule has 1 fully saturated rings. The Kier molecular flexibility index (Phi) is 8.22. The zero-order chi connectivity index (χ0) is 23.1. The molecule has 1 amide bonds. The molecule has 3 atom stereocenters. The molecule has 7 heteroatoms. The van der Waals surface area contributed by atoms with Crippen LogP contribution in [0.2, 0.25) is 0 Å². The van der Waals surface area contributed by atoms with Gasteiger partial charge in [-0.25, -0.2) is 4.39 Å². The van der Waals surface area contributed by atoms with E-state index in [4.69, 9.17) is 4.74 Å². The fourth-order valence-corrected chi connectivity index (χ4v) is 3.73. The first-order chi connectivity index (χ1) is 15.4. The quantitative estimate of drug-likeness (QED) is 0.528. The van der Waals surface area contributed by atoms with Gasteiger partial charge >= 0.3 is 0 Å². The monoisotopic (exact) mass is 440 g/mol. The number of aliphatic imine (C=N–C) groups is 1. The Bertz CT molecular complexity index is 932. The molecule has 0 spiro atoms. The van der Waals surface area contributed by atoms with Crippen LogP contribution in [0.1, 0.15) is 54.8 Å². The summed E-state index contributed by atoms with van der Waals surface area (Å²) in [5.74, 6) is 0.448. The fraction of sp³-hybridized carbons (Fsp3) is 0.440. The van der Waals surface area contributed by atoms with Gasteiger partial charge in [-0.15, -0.1) is 0 Å². The number of nitrogens with zero attached hydrogens (tertiary/aromatic N) is 2. The van der Waals surface area contributed by atoms with E-state index in [0.717, 1.165) is 23.5 Å². The second kappa shape index (κ2) is 11.1. The average molecular weight is 441 g/mol. The average Bonchev–Trinajstić information content (AvgIpc) is 2.79. The lowest BCUT2D eigenvalue weighted by Crippen LogP contribution is -2.50. The fourth-order valence-electron chi connectivity index (χ4n) is 3.73. The molecule has 1 aliphatic rings. The van der Waals surface area contributed by atoms with Gasteiger partial charge in [-0.2, -0.15) is 0 Å². The Morgan fingerprint density at radius 2 is 2.00 bits per heavy atom. The van der Waals surface area contributed by atoms with E-state index in [2.05, 4.69) is 20.5 Å². The van der Waals surface area contributed by atoms with E-state index in [9.17, 15) is 9.18 Å². The molecule has 2 aromatic rings.